The molecule has 2 aromatic carbocycles. The third-order valence-electron chi connectivity index (χ3n) is 3.41. The molecule has 2 nitrogen and oxygen atoms in total. The van der Waals surface area contributed by atoms with E-state index in [0.717, 1.165) is 18.2 Å². The van der Waals surface area contributed by atoms with Gasteiger partial charge in [-0.2, -0.15) is 13.2 Å². The molecule has 0 bridgehead atoms. The fourth-order valence-corrected chi connectivity index (χ4v) is 2.41. The second-order valence-electron chi connectivity index (χ2n) is 5.07. The molecule has 24 heavy (non-hydrogen) atoms. The van der Waals surface area contributed by atoms with Crippen molar-refractivity contribution in [3.8, 4) is 5.75 Å². The minimum atomic E-state index is -4.49. The lowest BCUT2D eigenvalue weighted by molar-refractivity contribution is -0.137. The molecule has 2 aromatic rings. The summed E-state index contributed by atoms with van der Waals surface area (Å²) >= 11 is 5.62. The molecule has 0 radical (unpaired) electrons. The minimum absolute atomic E-state index is 0.0265. The van der Waals surface area contributed by atoms with Crippen molar-refractivity contribution in [2.75, 3.05) is 5.88 Å². The van der Waals surface area contributed by atoms with Crippen LogP contribution in [0.25, 0.3) is 6.08 Å². The van der Waals surface area contributed by atoms with E-state index in [0.29, 0.717) is 12.0 Å². The van der Waals surface area contributed by atoms with Crippen LogP contribution in [0.3, 0.4) is 0 Å². The zero-order valence-electron chi connectivity index (χ0n) is 12.5. The first-order valence-corrected chi connectivity index (χ1v) is 7.63. The summed E-state index contributed by atoms with van der Waals surface area (Å²) in [6.45, 7) is 0. The fraction of sp³-hybridized carbons (Fsp3) is 0.167. The Labute approximate surface area is 142 Å². The van der Waals surface area contributed by atoms with Crippen LogP contribution in [0.15, 0.2) is 48.5 Å². The van der Waals surface area contributed by atoms with Crippen molar-refractivity contribution in [1.82, 2.24) is 0 Å². The van der Waals surface area contributed by atoms with Gasteiger partial charge in [0.05, 0.1) is 5.56 Å². The second kappa shape index (κ2) is 7.53. The van der Waals surface area contributed by atoms with Crippen molar-refractivity contribution >= 4 is 23.5 Å². The average molecular weight is 355 g/mol. The highest BCUT2D eigenvalue weighted by Crippen LogP contribution is 2.32. The van der Waals surface area contributed by atoms with Crippen molar-refractivity contribution in [1.29, 1.82) is 0 Å². The van der Waals surface area contributed by atoms with Crippen LogP contribution in [0, 0.1) is 0 Å². The molecule has 0 heterocycles. The van der Waals surface area contributed by atoms with E-state index in [-0.39, 0.29) is 22.8 Å². The van der Waals surface area contributed by atoms with Gasteiger partial charge in [-0.15, -0.1) is 11.6 Å². The highest BCUT2D eigenvalue weighted by molar-refractivity contribution is 6.18. The predicted octanol–water partition coefficient (Wildman–Crippen LogP) is 5.09. The third kappa shape index (κ3) is 4.38. The summed E-state index contributed by atoms with van der Waals surface area (Å²) in [7, 11) is 0. The first kappa shape index (κ1) is 18.1. The summed E-state index contributed by atoms with van der Waals surface area (Å²) < 4.78 is 38.8. The number of carbonyl (C=O) groups excluding carboxylic acids is 1. The molecule has 0 aliphatic heterocycles. The second-order valence-corrected chi connectivity index (χ2v) is 5.44. The molecule has 0 aliphatic carbocycles. The normalized spacial score (nSPS) is 11.8. The first-order chi connectivity index (χ1) is 11.3. The monoisotopic (exact) mass is 354 g/mol. The lowest BCUT2D eigenvalue weighted by Gasteiger charge is -2.09. The zero-order chi connectivity index (χ0) is 17.7. The van der Waals surface area contributed by atoms with Gasteiger partial charge in [0.1, 0.15) is 5.75 Å². The summed E-state index contributed by atoms with van der Waals surface area (Å²) in [6.07, 6.45) is -1.88. The number of rotatable bonds is 5. The van der Waals surface area contributed by atoms with E-state index >= 15 is 0 Å². The van der Waals surface area contributed by atoms with Crippen LogP contribution < -0.4 is 0 Å². The summed E-state index contributed by atoms with van der Waals surface area (Å²) in [5.41, 5.74) is -0.103. The van der Waals surface area contributed by atoms with Crippen molar-refractivity contribution in [3.63, 3.8) is 0 Å². The molecule has 6 heteroatoms. The Morgan fingerprint density at radius 3 is 2.54 bits per heavy atom. The van der Waals surface area contributed by atoms with E-state index in [4.69, 9.17) is 11.6 Å². The Bertz CT molecular complexity index is 767. The molecule has 0 saturated carbocycles. The quantitative estimate of drug-likeness (QED) is 0.461. The number of alkyl halides is 4. The van der Waals surface area contributed by atoms with Gasteiger partial charge in [-0.25, -0.2) is 0 Å². The van der Waals surface area contributed by atoms with Gasteiger partial charge in [0.2, 0.25) is 0 Å². The van der Waals surface area contributed by atoms with E-state index in [9.17, 15) is 23.1 Å². The van der Waals surface area contributed by atoms with E-state index in [2.05, 4.69) is 0 Å². The summed E-state index contributed by atoms with van der Waals surface area (Å²) in [5, 5.41) is 9.67. The Morgan fingerprint density at radius 1 is 1.17 bits per heavy atom. The standard InChI is InChI=1S/C18H14ClF3O2/c19-10-9-14-11-13(6-8-17(14)24)16(23)7-5-12-3-1-2-4-15(12)18(20,21)22/h1-8,11,24H,9-10H2/b7-5+. The number of aromatic hydroxyl groups is 1. The van der Waals surface area contributed by atoms with Crippen molar-refractivity contribution in [2.45, 2.75) is 12.6 Å². The van der Waals surface area contributed by atoms with Crippen LogP contribution in [0.2, 0.25) is 0 Å². The number of benzene rings is 2. The number of phenols is 1. The van der Waals surface area contributed by atoms with E-state index in [1.807, 2.05) is 0 Å². The SMILES string of the molecule is O=C(/C=C/c1ccccc1C(F)(F)F)c1ccc(O)c(CCCl)c1. The molecule has 0 saturated heterocycles. The Morgan fingerprint density at radius 2 is 1.88 bits per heavy atom. The Hall–Kier alpha value is -2.27. The first-order valence-electron chi connectivity index (χ1n) is 7.09. The van der Waals surface area contributed by atoms with Crippen LogP contribution >= 0.6 is 11.6 Å². The number of halogens is 4. The van der Waals surface area contributed by atoms with Crippen molar-refractivity contribution in [3.05, 3.63) is 70.8 Å². The third-order valence-corrected chi connectivity index (χ3v) is 3.60. The van der Waals surface area contributed by atoms with Crippen LogP contribution in [-0.4, -0.2) is 16.8 Å². The molecule has 1 N–H and O–H groups in total. The van der Waals surface area contributed by atoms with E-state index < -0.39 is 17.5 Å². The van der Waals surface area contributed by atoms with Crippen LogP contribution in [-0.2, 0) is 12.6 Å². The number of carbonyl (C=O) groups is 1. The summed E-state index contributed by atoms with van der Waals surface area (Å²) in [6, 6.07) is 9.28. The molecule has 0 spiro atoms. The number of phenolic OH excluding ortho intramolecular Hbond substituents is 1. The zero-order valence-corrected chi connectivity index (χ0v) is 13.2. The number of ketones is 1. The molecule has 0 amide bonds. The number of allylic oxidation sites excluding steroid dienone is 1. The van der Waals surface area contributed by atoms with Gasteiger partial charge in [0, 0.05) is 11.4 Å². The van der Waals surface area contributed by atoms with Crippen LogP contribution in [0.4, 0.5) is 13.2 Å². The van der Waals surface area contributed by atoms with Crippen LogP contribution in [0.5, 0.6) is 5.75 Å². The van der Waals surface area contributed by atoms with Gasteiger partial charge in [-0.3, -0.25) is 4.79 Å². The topological polar surface area (TPSA) is 37.3 Å². The largest absolute Gasteiger partial charge is 0.508 e. The van der Waals surface area contributed by atoms with Crippen molar-refractivity contribution < 1.29 is 23.1 Å². The highest BCUT2D eigenvalue weighted by atomic mass is 35.5. The average Bonchev–Trinajstić information content (AvgIpc) is 2.54. The van der Waals surface area contributed by atoms with Crippen molar-refractivity contribution in [2.24, 2.45) is 0 Å². The number of aryl methyl sites for hydroxylation is 1. The van der Waals surface area contributed by atoms with E-state index in [1.165, 1.54) is 36.4 Å². The maximum Gasteiger partial charge on any atom is 0.416 e. The van der Waals surface area contributed by atoms with Gasteiger partial charge < -0.3 is 5.11 Å². The van der Waals surface area contributed by atoms with E-state index in [1.54, 1.807) is 0 Å². The van der Waals surface area contributed by atoms with Crippen LogP contribution in [0.1, 0.15) is 27.0 Å². The molecular formula is C18H14ClF3O2. The molecular weight excluding hydrogens is 341 g/mol. The van der Waals surface area contributed by atoms with Gasteiger partial charge in [0.25, 0.3) is 0 Å². The molecule has 0 atom stereocenters. The molecule has 126 valence electrons. The predicted molar refractivity (Wildman–Crippen MR) is 87.3 cm³/mol. The summed E-state index contributed by atoms with van der Waals surface area (Å²) in [5.74, 6) is -0.151. The van der Waals surface area contributed by atoms with Gasteiger partial charge in [-0.1, -0.05) is 24.3 Å². The number of hydrogen-bond acceptors (Lipinski definition) is 2. The maximum atomic E-state index is 12.9. The highest BCUT2D eigenvalue weighted by Gasteiger charge is 2.32. The fourth-order valence-electron chi connectivity index (χ4n) is 2.20. The molecule has 0 unspecified atom stereocenters. The van der Waals surface area contributed by atoms with Gasteiger partial charge >= 0.3 is 6.18 Å². The number of hydrogen-bond donors (Lipinski definition) is 1. The molecule has 0 aromatic heterocycles. The lowest BCUT2D eigenvalue weighted by Crippen LogP contribution is -2.07. The van der Waals surface area contributed by atoms with Gasteiger partial charge in [-0.05, 0) is 47.9 Å². The molecule has 2 rings (SSSR count). The molecule has 0 fully saturated rings. The Balaban J connectivity index is 2.28. The summed E-state index contributed by atoms with van der Waals surface area (Å²) in [4.78, 5) is 12.2. The smallest absolute Gasteiger partial charge is 0.416 e. The minimum Gasteiger partial charge on any atom is -0.508 e. The maximum absolute atomic E-state index is 12.9. The molecule has 0 aliphatic rings. The lowest BCUT2D eigenvalue weighted by atomic mass is 10.0. The van der Waals surface area contributed by atoms with Gasteiger partial charge in [0.15, 0.2) is 5.78 Å². The Kier molecular flexibility index (Phi) is 5.67.